The van der Waals surface area contributed by atoms with Crippen molar-refractivity contribution in [2.24, 2.45) is 0 Å². The number of hydrogen-bond donors (Lipinski definition) is 0. The maximum absolute atomic E-state index is 13.3. The fourth-order valence-corrected chi connectivity index (χ4v) is 18.1. The summed E-state index contributed by atoms with van der Waals surface area (Å²) in [7, 11) is 0. The summed E-state index contributed by atoms with van der Waals surface area (Å²) in [5, 5.41) is 0. The van der Waals surface area contributed by atoms with Crippen molar-refractivity contribution in [3.63, 3.8) is 0 Å². The summed E-state index contributed by atoms with van der Waals surface area (Å²) in [6.45, 7) is 6.75. The predicted octanol–water partition coefficient (Wildman–Crippen LogP) is 5.47. The van der Waals surface area contributed by atoms with Gasteiger partial charge < -0.3 is 0 Å². The van der Waals surface area contributed by atoms with Gasteiger partial charge in [-0.25, -0.2) is 0 Å². The summed E-state index contributed by atoms with van der Waals surface area (Å²) in [5.74, 6) is 0. The molecule has 0 aliphatic heterocycles. The van der Waals surface area contributed by atoms with E-state index in [1.54, 1.807) is 0 Å². The van der Waals surface area contributed by atoms with E-state index in [1.165, 1.54) is 57.9 Å². The van der Waals surface area contributed by atoms with Crippen LogP contribution in [0.1, 0.15) is 59.3 Å². The van der Waals surface area contributed by atoms with Gasteiger partial charge in [0.25, 0.3) is 0 Å². The van der Waals surface area contributed by atoms with Crippen LogP contribution in [0.5, 0.6) is 0 Å². The van der Waals surface area contributed by atoms with Gasteiger partial charge in [0, 0.05) is 0 Å². The molecule has 0 saturated carbocycles. The van der Waals surface area contributed by atoms with E-state index in [2.05, 4.69) is 20.8 Å². The molecule has 1 aromatic rings. The van der Waals surface area contributed by atoms with E-state index in [0.717, 1.165) is 3.78 Å². The summed E-state index contributed by atoms with van der Waals surface area (Å²) in [4.78, 5) is 0. The zero-order chi connectivity index (χ0) is 14.1. The Balaban J connectivity index is 2.93. The van der Waals surface area contributed by atoms with Crippen LogP contribution < -0.4 is 3.78 Å². The number of unbranched alkanes of at least 4 members (excludes halogenated alkanes) is 3. The van der Waals surface area contributed by atoms with Gasteiger partial charge in [-0.05, 0) is 0 Å². The van der Waals surface area contributed by atoms with E-state index in [0.29, 0.717) is 0 Å². The molecule has 0 amide bonds. The summed E-state index contributed by atoms with van der Waals surface area (Å²) < 4.78 is 23.8. The molecule has 1 nitrogen and oxygen atoms in total. The maximum atomic E-state index is 13.3. The molecule has 0 radical (unpaired) electrons. The second kappa shape index (κ2) is 9.04. The molecule has 0 fully saturated rings. The molecular weight excluding hydrogens is 346 g/mol. The Kier molecular flexibility index (Phi) is 8.12. The van der Waals surface area contributed by atoms with Gasteiger partial charge in [0.05, 0.1) is 0 Å². The van der Waals surface area contributed by atoms with Crippen LogP contribution in [0.25, 0.3) is 0 Å². The Morgan fingerprint density at radius 1 is 0.895 bits per heavy atom. The van der Waals surface area contributed by atoms with Gasteiger partial charge in [0.15, 0.2) is 0 Å². The van der Waals surface area contributed by atoms with Crippen LogP contribution in [-0.2, 0) is 0 Å². The standard InChI is InChI=1S/C4H2FO.3C4H9.Sn/c5-4-2-1-3-6-4;3*1-3-4-2;/h1-2H;3*1,3-4H2,2H3;. The number of halogens is 1. The van der Waals surface area contributed by atoms with E-state index in [4.69, 9.17) is 4.42 Å². The Labute approximate surface area is 121 Å². The third-order valence-electron chi connectivity index (χ3n) is 4.12. The Hall–Kier alpha value is 0.00870. The van der Waals surface area contributed by atoms with E-state index in [-0.39, 0.29) is 6.01 Å². The van der Waals surface area contributed by atoms with Gasteiger partial charge in [-0.15, -0.1) is 0 Å². The zero-order valence-electron chi connectivity index (χ0n) is 12.8. The fourth-order valence-electron chi connectivity index (χ4n) is 2.89. The van der Waals surface area contributed by atoms with Gasteiger partial charge in [0.2, 0.25) is 0 Å². The fraction of sp³-hybridized carbons (Fsp3) is 0.750. The third-order valence-corrected chi connectivity index (χ3v) is 19.1. The van der Waals surface area contributed by atoms with Crippen LogP contribution in [-0.4, -0.2) is 18.4 Å². The van der Waals surface area contributed by atoms with Gasteiger partial charge in [0.1, 0.15) is 0 Å². The summed E-state index contributed by atoms with van der Waals surface area (Å²) in [6, 6.07) is 3.08. The molecule has 0 N–H and O–H groups in total. The van der Waals surface area contributed by atoms with Gasteiger partial charge in [-0.2, -0.15) is 0 Å². The SMILES string of the molecule is CCC[CH2][Sn]([CH2]CCC)([CH2]CCC)[c]1ccc(F)o1. The number of rotatable bonds is 10. The third kappa shape index (κ3) is 5.13. The number of furan rings is 1. The molecule has 0 aromatic carbocycles. The molecule has 0 unspecified atom stereocenters. The van der Waals surface area contributed by atoms with Crippen LogP contribution in [0.3, 0.4) is 0 Å². The molecule has 1 rings (SSSR count). The first-order valence-electron chi connectivity index (χ1n) is 7.94. The molecule has 19 heavy (non-hydrogen) atoms. The average molecular weight is 375 g/mol. The second-order valence-electron chi connectivity index (χ2n) is 5.69. The van der Waals surface area contributed by atoms with Crippen LogP contribution in [0, 0.1) is 6.01 Å². The molecule has 0 saturated heterocycles. The summed E-state index contributed by atoms with van der Waals surface area (Å²) >= 11 is -2.48. The monoisotopic (exact) mass is 376 g/mol. The molecule has 3 heteroatoms. The molecule has 1 aromatic heterocycles. The minimum absolute atomic E-state index is 0.388. The van der Waals surface area contributed by atoms with Crippen molar-refractivity contribution in [1.82, 2.24) is 0 Å². The molecule has 1 heterocycles. The molecule has 0 spiro atoms. The molecule has 0 aliphatic rings. The van der Waals surface area contributed by atoms with Crippen molar-refractivity contribution < 1.29 is 8.81 Å². The van der Waals surface area contributed by atoms with Crippen molar-refractivity contribution in [3.05, 3.63) is 18.1 Å². The van der Waals surface area contributed by atoms with Gasteiger partial charge in [-0.3, -0.25) is 0 Å². The molecule has 0 aliphatic carbocycles. The van der Waals surface area contributed by atoms with E-state index in [1.807, 2.05) is 6.07 Å². The van der Waals surface area contributed by atoms with Crippen molar-refractivity contribution >= 4 is 22.2 Å². The van der Waals surface area contributed by atoms with Crippen molar-refractivity contribution in [2.75, 3.05) is 0 Å². The first kappa shape index (κ1) is 17.1. The second-order valence-corrected chi connectivity index (χ2v) is 18.7. The van der Waals surface area contributed by atoms with Crippen molar-refractivity contribution in [3.8, 4) is 0 Å². The van der Waals surface area contributed by atoms with Gasteiger partial charge >= 0.3 is 122 Å². The summed E-state index contributed by atoms with van der Waals surface area (Å²) in [5.41, 5.74) is 0. The molecule has 0 bridgehead atoms. The first-order valence-corrected chi connectivity index (χ1v) is 15.4. The normalized spacial score (nSPS) is 12.0. The predicted molar refractivity (Wildman–Crippen MR) is 83.2 cm³/mol. The molecular formula is C16H29FOSn. The first-order chi connectivity index (χ1) is 9.18. The van der Waals surface area contributed by atoms with Crippen LogP contribution in [0.4, 0.5) is 4.39 Å². The minimum atomic E-state index is -2.48. The van der Waals surface area contributed by atoms with E-state index < -0.39 is 18.4 Å². The average Bonchev–Trinajstić information content (AvgIpc) is 2.85. The van der Waals surface area contributed by atoms with Crippen molar-refractivity contribution in [1.29, 1.82) is 0 Å². The number of hydrogen-bond acceptors (Lipinski definition) is 1. The summed E-state index contributed by atoms with van der Waals surface area (Å²) in [6.07, 6.45) is 7.56. The van der Waals surface area contributed by atoms with Crippen LogP contribution in [0.2, 0.25) is 13.3 Å². The topological polar surface area (TPSA) is 13.1 Å². The molecule has 0 atom stereocenters. The van der Waals surface area contributed by atoms with Crippen LogP contribution in [0.15, 0.2) is 16.5 Å². The van der Waals surface area contributed by atoms with Gasteiger partial charge in [-0.1, -0.05) is 0 Å². The Morgan fingerprint density at radius 3 is 1.68 bits per heavy atom. The molecule has 110 valence electrons. The van der Waals surface area contributed by atoms with E-state index in [9.17, 15) is 4.39 Å². The zero-order valence-corrected chi connectivity index (χ0v) is 15.7. The Bertz CT molecular complexity index is 326. The van der Waals surface area contributed by atoms with E-state index >= 15 is 0 Å². The Morgan fingerprint density at radius 2 is 1.37 bits per heavy atom. The quantitative estimate of drug-likeness (QED) is 0.494. The van der Waals surface area contributed by atoms with Crippen LogP contribution >= 0.6 is 0 Å². The van der Waals surface area contributed by atoms with Crippen molar-refractivity contribution in [2.45, 2.75) is 72.6 Å².